The molecule has 0 aromatic rings. The van der Waals surface area contributed by atoms with E-state index in [-0.39, 0.29) is 12.0 Å². The molecule has 0 spiro atoms. The highest BCUT2D eigenvalue weighted by atomic mass is 16.2. The molecule has 2 rings (SSSR count). The average Bonchev–Trinajstić information content (AvgIpc) is 2.50. The van der Waals surface area contributed by atoms with Gasteiger partial charge < -0.3 is 15.5 Å². The van der Waals surface area contributed by atoms with E-state index in [2.05, 4.69) is 23.8 Å². The molecule has 4 nitrogen and oxygen atoms in total. The third-order valence-electron chi connectivity index (χ3n) is 4.47. The molecule has 1 aliphatic heterocycles. The first-order chi connectivity index (χ1) is 8.59. The number of amides is 1. The van der Waals surface area contributed by atoms with E-state index in [1.165, 1.54) is 6.42 Å². The lowest BCUT2D eigenvalue weighted by atomic mass is 9.84. The van der Waals surface area contributed by atoms with Crippen LogP contribution in [0.15, 0.2) is 0 Å². The summed E-state index contributed by atoms with van der Waals surface area (Å²) in [6.07, 6.45) is 5.42. The molecule has 1 heterocycles. The Morgan fingerprint density at radius 1 is 1.17 bits per heavy atom. The van der Waals surface area contributed by atoms with Crippen LogP contribution in [0.5, 0.6) is 0 Å². The minimum absolute atomic E-state index is 0.0737. The van der Waals surface area contributed by atoms with Gasteiger partial charge in [-0.3, -0.25) is 4.79 Å². The number of carbonyl (C=O) groups is 1. The number of likely N-dealkylation sites (N-methyl/N-ethyl adjacent to an activating group) is 1. The van der Waals surface area contributed by atoms with E-state index in [1.54, 1.807) is 0 Å². The first kappa shape index (κ1) is 13.8. The normalized spacial score (nSPS) is 35.3. The van der Waals surface area contributed by atoms with Gasteiger partial charge in [0.15, 0.2) is 0 Å². The van der Waals surface area contributed by atoms with Gasteiger partial charge in [0.05, 0.1) is 5.92 Å². The number of nitrogens with zero attached hydrogens (tertiary/aromatic N) is 2. The van der Waals surface area contributed by atoms with Gasteiger partial charge in [0.25, 0.3) is 0 Å². The van der Waals surface area contributed by atoms with E-state index < -0.39 is 0 Å². The summed E-state index contributed by atoms with van der Waals surface area (Å²) in [5, 5.41) is 0. The molecule has 0 radical (unpaired) electrons. The zero-order chi connectivity index (χ0) is 13.1. The Morgan fingerprint density at radius 2 is 1.89 bits per heavy atom. The Hall–Kier alpha value is -0.610. The van der Waals surface area contributed by atoms with Crippen LogP contribution in [0.4, 0.5) is 0 Å². The van der Waals surface area contributed by atoms with Gasteiger partial charge in [0, 0.05) is 25.2 Å². The second-order valence-electron chi connectivity index (χ2n) is 6.05. The van der Waals surface area contributed by atoms with Crippen LogP contribution in [0.25, 0.3) is 0 Å². The van der Waals surface area contributed by atoms with Gasteiger partial charge >= 0.3 is 0 Å². The van der Waals surface area contributed by atoms with Gasteiger partial charge in [-0.1, -0.05) is 12.8 Å². The highest BCUT2D eigenvalue weighted by molar-refractivity contribution is 5.80. The van der Waals surface area contributed by atoms with Crippen LogP contribution in [-0.4, -0.2) is 54.5 Å². The van der Waals surface area contributed by atoms with Crippen LogP contribution in [0.3, 0.4) is 0 Å². The van der Waals surface area contributed by atoms with Crippen molar-refractivity contribution in [2.75, 3.05) is 26.7 Å². The maximum atomic E-state index is 12.7. The zero-order valence-electron chi connectivity index (χ0n) is 11.8. The third kappa shape index (κ3) is 3.04. The standard InChI is InChI=1S/C14H27N3O/c1-11-10-16(2)8-5-9-17(11)14(18)12-6-3-4-7-13(12)15/h11-13H,3-10,15H2,1-2H3. The number of hydrogen-bond acceptors (Lipinski definition) is 3. The van der Waals surface area contributed by atoms with Crippen molar-refractivity contribution in [2.24, 2.45) is 11.7 Å². The molecule has 0 aromatic carbocycles. The van der Waals surface area contributed by atoms with Crippen LogP contribution >= 0.6 is 0 Å². The highest BCUT2D eigenvalue weighted by Crippen LogP contribution is 2.26. The van der Waals surface area contributed by atoms with Crippen molar-refractivity contribution in [1.82, 2.24) is 9.80 Å². The highest BCUT2D eigenvalue weighted by Gasteiger charge is 2.34. The fourth-order valence-corrected chi connectivity index (χ4v) is 3.38. The maximum Gasteiger partial charge on any atom is 0.227 e. The number of carbonyl (C=O) groups excluding carboxylic acids is 1. The molecule has 18 heavy (non-hydrogen) atoms. The molecule has 1 saturated heterocycles. The molecule has 104 valence electrons. The third-order valence-corrected chi connectivity index (χ3v) is 4.47. The largest absolute Gasteiger partial charge is 0.338 e. The Labute approximate surface area is 110 Å². The molecule has 2 fully saturated rings. The lowest BCUT2D eigenvalue weighted by Gasteiger charge is -2.35. The maximum absolute atomic E-state index is 12.7. The quantitative estimate of drug-likeness (QED) is 0.760. The summed E-state index contributed by atoms with van der Waals surface area (Å²) in [6.45, 7) is 5.13. The molecular weight excluding hydrogens is 226 g/mol. The molecule has 3 atom stereocenters. The number of hydrogen-bond donors (Lipinski definition) is 1. The summed E-state index contributed by atoms with van der Waals surface area (Å²) >= 11 is 0. The topological polar surface area (TPSA) is 49.6 Å². The SMILES string of the molecule is CC1CN(C)CCCN1C(=O)C1CCCCC1N. The number of nitrogens with two attached hydrogens (primary N) is 1. The monoisotopic (exact) mass is 253 g/mol. The van der Waals surface area contributed by atoms with Crippen molar-refractivity contribution in [3.05, 3.63) is 0 Å². The molecule has 2 N–H and O–H groups in total. The van der Waals surface area contributed by atoms with Crippen LogP contribution in [0.2, 0.25) is 0 Å². The minimum Gasteiger partial charge on any atom is -0.338 e. The summed E-state index contributed by atoms with van der Waals surface area (Å²) in [4.78, 5) is 17.1. The van der Waals surface area contributed by atoms with Gasteiger partial charge in [-0.15, -0.1) is 0 Å². The Bertz CT molecular complexity index is 295. The van der Waals surface area contributed by atoms with Crippen LogP contribution in [0.1, 0.15) is 39.0 Å². The Balaban J connectivity index is 2.02. The average molecular weight is 253 g/mol. The van der Waals surface area contributed by atoms with Crippen molar-refractivity contribution in [1.29, 1.82) is 0 Å². The van der Waals surface area contributed by atoms with E-state index in [1.807, 2.05) is 0 Å². The Kier molecular flexibility index (Phi) is 4.62. The van der Waals surface area contributed by atoms with E-state index in [0.717, 1.165) is 45.3 Å². The molecule has 1 amide bonds. The molecule has 1 saturated carbocycles. The van der Waals surface area contributed by atoms with Gasteiger partial charge in [-0.2, -0.15) is 0 Å². The summed E-state index contributed by atoms with van der Waals surface area (Å²) in [6, 6.07) is 0.401. The minimum atomic E-state index is 0.0737. The molecule has 3 unspecified atom stereocenters. The summed E-state index contributed by atoms with van der Waals surface area (Å²) in [5.41, 5.74) is 6.14. The smallest absolute Gasteiger partial charge is 0.227 e. The van der Waals surface area contributed by atoms with Crippen LogP contribution in [0, 0.1) is 5.92 Å². The first-order valence-electron chi connectivity index (χ1n) is 7.34. The predicted octanol–water partition coefficient (Wildman–Crippen LogP) is 1.06. The lowest BCUT2D eigenvalue weighted by molar-refractivity contribution is -0.139. The summed E-state index contributed by atoms with van der Waals surface area (Å²) < 4.78 is 0. The van der Waals surface area contributed by atoms with Gasteiger partial charge in [-0.25, -0.2) is 0 Å². The van der Waals surface area contributed by atoms with Crippen molar-refractivity contribution in [2.45, 2.75) is 51.1 Å². The van der Waals surface area contributed by atoms with Crippen molar-refractivity contribution < 1.29 is 4.79 Å². The molecular formula is C14H27N3O. The van der Waals surface area contributed by atoms with Crippen molar-refractivity contribution in [3.63, 3.8) is 0 Å². The molecule has 2 aliphatic rings. The van der Waals surface area contributed by atoms with Crippen LogP contribution < -0.4 is 5.73 Å². The molecule has 1 aliphatic carbocycles. The predicted molar refractivity (Wildman–Crippen MR) is 73.2 cm³/mol. The van der Waals surface area contributed by atoms with Gasteiger partial charge in [-0.05, 0) is 39.8 Å². The van der Waals surface area contributed by atoms with Crippen molar-refractivity contribution in [3.8, 4) is 0 Å². The second kappa shape index (κ2) is 6.02. The fraction of sp³-hybridized carbons (Fsp3) is 0.929. The number of rotatable bonds is 1. The zero-order valence-corrected chi connectivity index (χ0v) is 11.8. The molecule has 0 aromatic heterocycles. The summed E-state index contributed by atoms with van der Waals surface area (Å²) in [5.74, 6) is 0.384. The van der Waals surface area contributed by atoms with Crippen molar-refractivity contribution >= 4 is 5.91 Å². The fourth-order valence-electron chi connectivity index (χ4n) is 3.38. The molecule has 0 bridgehead atoms. The van der Waals surface area contributed by atoms with E-state index >= 15 is 0 Å². The lowest BCUT2D eigenvalue weighted by Crippen LogP contribution is -2.50. The van der Waals surface area contributed by atoms with E-state index in [4.69, 9.17) is 5.73 Å². The van der Waals surface area contributed by atoms with E-state index in [9.17, 15) is 4.79 Å². The molecule has 4 heteroatoms. The summed E-state index contributed by atoms with van der Waals surface area (Å²) in [7, 11) is 2.14. The second-order valence-corrected chi connectivity index (χ2v) is 6.05. The Morgan fingerprint density at radius 3 is 2.61 bits per heavy atom. The first-order valence-corrected chi connectivity index (χ1v) is 7.34. The van der Waals surface area contributed by atoms with E-state index in [0.29, 0.717) is 11.9 Å². The van der Waals surface area contributed by atoms with Crippen LogP contribution in [-0.2, 0) is 4.79 Å². The van der Waals surface area contributed by atoms with Gasteiger partial charge in [0.1, 0.15) is 0 Å². The van der Waals surface area contributed by atoms with Gasteiger partial charge in [0.2, 0.25) is 5.91 Å².